The summed E-state index contributed by atoms with van der Waals surface area (Å²) in [5.74, 6) is 1.76. The number of nitrogens with zero attached hydrogens (tertiary/aromatic N) is 2. The smallest absolute Gasteiger partial charge is 0.133 e. The molecule has 1 N–H and O–H groups in total. The van der Waals surface area contributed by atoms with E-state index in [-0.39, 0.29) is 6.10 Å². The molecule has 0 saturated carbocycles. The van der Waals surface area contributed by atoms with Crippen molar-refractivity contribution in [2.75, 3.05) is 19.0 Å². The normalized spacial score (nSPS) is 12.5. The van der Waals surface area contributed by atoms with Crippen molar-refractivity contribution in [1.82, 2.24) is 9.97 Å². The highest BCUT2D eigenvalue weighted by Crippen LogP contribution is 2.09. The largest absolute Gasteiger partial charge is 0.381 e. The molecular weight excluding hydrogens is 202 g/mol. The van der Waals surface area contributed by atoms with E-state index in [4.69, 9.17) is 4.74 Å². The van der Waals surface area contributed by atoms with E-state index in [1.54, 1.807) is 7.11 Å². The molecule has 0 aliphatic rings. The van der Waals surface area contributed by atoms with Gasteiger partial charge in [0.2, 0.25) is 0 Å². The predicted octanol–water partition coefficient (Wildman–Crippen LogP) is 2.05. The van der Waals surface area contributed by atoms with Gasteiger partial charge in [-0.05, 0) is 20.3 Å². The zero-order chi connectivity index (χ0) is 12.0. The second-order valence-electron chi connectivity index (χ2n) is 3.80. The molecule has 1 heterocycles. The lowest BCUT2D eigenvalue weighted by atomic mass is 10.2. The number of aromatic nitrogens is 2. The first-order valence-corrected chi connectivity index (χ1v) is 5.83. The van der Waals surface area contributed by atoms with Gasteiger partial charge < -0.3 is 10.1 Å². The van der Waals surface area contributed by atoms with Gasteiger partial charge in [-0.25, -0.2) is 9.97 Å². The van der Waals surface area contributed by atoms with Crippen LogP contribution in [0.15, 0.2) is 6.07 Å². The number of anilines is 1. The van der Waals surface area contributed by atoms with Crippen molar-refractivity contribution in [2.24, 2.45) is 0 Å². The summed E-state index contributed by atoms with van der Waals surface area (Å²) in [5, 5.41) is 3.22. The van der Waals surface area contributed by atoms with E-state index in [9.17, 15) is 0 Å². The van der Waals surface area contributed by atoms with Crippen molar-refractivity contribution < 1.29 is 4.74 Å². The van der Waals surface area contributed by atoms with Gasteiger partial charge in [0.25, 0.3) is 0 Å². The van der Waals surface area contributed by atoms with Crippen molar-refractivity contribution in [3.63, 3.8) is 0 Å². The average molecular weight is 223 g/mol. The third kappa shape index (κ3) is 3.77. The van der Waals surface area contributed by atoms with Gasteiger partial charge in [0.05, 0.1) is 6.10 Å². The van der Waals surface area contributed by atoms with Gasteiger partial charge in [-0.2, -0.15) is 0 Å². The molecule has 0 bridgehead atoms. The Hall–Kier alpha value is -1.16. The minimum absolute atomic E-state index is 0.154. The van der Waals surface area contributed by atoms with Gasteiger partial charge in [0, 0.05) is 31.8 Å². The van der Waals surface area contributed by atoms with Gasteiger partial charge in [0.1, 0.15) is 11.6 Å². The van der Waals surface area contributed by atoms with Gasteiger partial charge in [-0.1, -0.05) is 6.92 Å². The van der Waals surface area contributed by atoms with Crippen molar-refractivity contribution in [1.29, 1.82) is 0 Å². The zero-order valence-corrected chi connectivity index (χ0v) is 10.6. The van der Waals surface area contributed by atoms with Gasteiger partial charge in [-0.15, -0.1) is 0 Å². The lowest BCUT2D eigenvalue weighted by molar-refractivity contribution is 0.117. The Morgan fingerprint density at radius 2 is 2.12 bits per heavy atom. The van der Waals surface area contributed by atoms with E-state index >= 15 is 0 Å². The van der Waals surface area contributed by atoms with Crippen LogP contribution in [0.4, 0.5) is 5.82 Å². The minimum Gasteiger partial charge on any atom is -0.381 e. The number of ether oxygens (including phenoxy) is 1. The highest BCUT2D eigenvalue weighted by molar-refractivity contribution is 5.36. The van der Waals surface area contributed by atoms with Crippen molar-refractivity contribution in [3.05, 3.63) is 17.6 Å². The molecule has 0 amide bonds. The van der Waals surface area contributed by atoms with Crippen LogP contribution < -0.4 is 5.32 Å². The van der Waals surface area contributed by atoms with E-state index in [1.807, 2.05) is 13.0 Å². The third-order valence-electron chi connectivity index (χ3n) is 2.42. The molecule has 0 saturated heterocycles. The molecule has 1 rings (SSSR count). The van der Waals surface area contributed by atoms with E-state index in [2.05, 4.69) is 29.1 Å². The average Bonchev–Trinajstić information content (AvgIpc) is 2.29. The highest BCUT2D eigenvalue weighted by atomic mass is 16.5. The van der Waals surface area contributed by atoms with Crippen LogP contribution in [0.5, 0.6) is 0 Å². The fourth-order valence-electron chi connectivity index (χ4n) is 1.44. The van der Waals surface area contributed by atoms with Crippen LogP contribution in [0.1, 0.15) is 32.3 Å². The van der Waals surface area contributed by atoms with E-state index < -0.39 is 0 Å². The van der Waals surface area contributed by atoms with Crippen molar-refractivity contribution in [2.45, 2.75) is 39.7 Å². The van der Waals surface area contributed by atoms with E-state index in [0.717, 1.165) is 36.7 Å². The lowest BCUT2D eigenvalue weighted by Gasteiger charge is -2.11. The SMILES string of the molecule is CCNc1cc(CC)nc(CC(C)OC)n1. The Bertz CT molecular complexity index is 328. The minimum atomic E-state index is 0.154. The Kier molecular flexibility index (Phi) is 5.19. The molecule has 0 fully saturated rings. The van der Waals surface area contributed by atoms with Crippen LogP contribution in [0, 0.1) is 0 Å². The summed E-state index contributed by atoms with van der Waals surface area (Å²) in [6.45, 7) is 7.06. The Morgan fingerprint density at radius 1 is 1.38 bits per heavy atom. The van der Waals surface area contributed by atoms with Crippen molar-refractivity contribution in [3.8, 4) is 0 Å². The molecule has 0 aliphatic heterocycles. The summed E-state index contributed by atoms with van der Waals surface area (Å²) < 4.78 is 5.23. The van der Waals surface area contributed by atoms with Gasteiger partial charge >= 0.3 is 0 Å². The highest BCUT2D eigenvalue weighted by Gasteiger charge is 2.07. The van der Waals surface area contributed by atoms with E-state index in [1.165, 1.54) is 0 Å². The second kappa shape index (κ2) is 6.43. The molecule has 1 unspecified atom stereocenters. The van der Waals surface area contributed by atoms with Crippen LogP contribution in [0.25, 0.3) is 0 Å². The summed E-state index contributed by atoms with van der Waals surface area (Å²) in [6, 6.07) is 2.00. The molecule has 1 aromatic heterocycles. The first kappa shape index (κ1) is 12.9. The van der Waals surface area contributed by atoms with Crippen LogP contribution >= 0.6 is 0 Å². The van der Waals surface area contributed by atoms with E-state index in [0.29, 0.717) is 0 Å². The maximum atomic E-state index is 5.23. The number of hydrogen-bond donors (Lipinski definition) is 1. The Morgan fingerprint density at radius 3 is 2.69 bits per heavy atom. The maximum absolute atomic E-state index is 5.23. The van der Waals surface area contributed by atoms with Crippen LogP contribution in [-0.4, -0.2) is 29.7 Å². The molecule has 4 nitrogen and oxygen atoms in total. The Labute approximate surface area is 97.5 Å². The summed E-state index contributed by atoms with van der Waals surface area (Å²) in [4.78, 5) is 8.95. The number of methoxy groups -OCH3 is 1. The zero-order valence-electron chi connectivity index (χ0n) is 10.6. The fourth-order valence-corrected chi connectivity index (χ4v) is 1.44. The molecular formula is C12H21N3O. The van der Waals surface area contributed by atoms with Crippen LogP contribution in [0.2, 0.25) is 0 Å². The molecule has 0 radical (unpaired) electrons. The second-order valence-corrected chi connectivity index (χ2v) is 3.80. The van der Waals surface area contributed by atoms with Gasteiger partial charge in [0.15, 0.2) is 0 Å². The molecule has 16 heavy (non-hydrogen) atoms. The summed E-state index contributed by atoms with van der Waals surface area (Å²) in [5.41, 5.74) is 1.07. The quantitative estimate of drug-likeness (QED) is 0.801. The maximum Gasteiger partial charge on any atom is 0.133 e. The number of nitrogens with one attached hydrogen (secondary N) is 1. The van der Waals surface area contributed by atoms with Gasteiger partial charge in [-0.3, -0.25) is 0 Å². The lowest BCUT2D eigenvalue weighted by Crippen LogP contribution is -2.13. The van der Waals surface area contributed by atoms with Crippen LogP contribution in [0.3, 0.4) is 0 Å². The molecule has 0 aliphatic carbocycles. The third-order valence-corrected chi connectivity index (χ3v) is 2.42. The number of hydrogen-bond acceptors (Lipinski definition) is 4. The van der Waals surface area contributed by atoms with Crippen LogP contribution in [-0.2, 0) is 17.6 Å². The Balaban J connectivity index is 2.85. The first-order chi connectivity index (χ1) is 7.69. The fraction of sp³-hybridized carbons (Fsp3) is 0.667. The molecule has 4 heteroatoms. The summed E-state index contributed by atoms with van der Waals surface area (Å²) in [6.07, 6.45) is 1.83. The monoisotopic (exact) mass is 223 g/mol. The topological polar surface area (TPSA) is 47.0 Å². The molecule has 0 spiro atoms. The van der Waals surface area contributed by atoms with Crippen molar-refractivity contribution >= 4 is 5.82 Å². The number of rotatable bonds is 6. The molecule has 0 aromatic carbocycles. The molecule has 1 aromatic rings. The predicted molar refractivity (Wildman–Crippen MR) is 65.7 cm³/mol. The summed E-state index contributed by atoms with van der Waals surface area (Å²) in [7, 11) is 1.71. The summed E-state index contributed by atoms with van der Waals surface area (Å²) >= 11 is 0. The molecule has 1 atom stereocenters. The number of aryl methyl sites for hydroxylation is 1. The first-order valence-electron chi connectivity index (χ1n) is 5.83. The molecule has 90 valence electrons. The standard InChI is InChI=1S/C12H21N3O/c1-5-10-8-11(13-6-2)15-12(14-10)7-9(3)16-4/h8-9H,5-7H2,1-4H3,(H,13,14,15).